The van der Waals surface area contributed by atoms with E-state index in [2.05, 4.69) is 0 Å². The molecule has 0 bridgehead atoms. The van der Waals surface area contributed by atoms with Crippen LogP contribution in [0.15, 0.2) is 54.6 Å². The summed E-state index contributed by atoms with van der Waals surface area (Å²) in [6.07, 6.45) is 5.35. The Morgan fingerprint density at radius 1 is 0.933 bits per heavy atom. The second kappa shape index (κ2) is 13.2. The molecule has 0 aliphatic heterocycles. The number of benzene rings is 2. The maximum Gasteiger partial charge on any atom is 0.418 e. The Labute approximate surface area is 207 Å². The van der Waals surface area contributed by atoms with Gasteiger partial charge in [0.15, 0.2) is 0 Å². The minimum atomic E-state index is -0.398. The third-order valence-corrected chi connectivity index (χ3v) is 5.46. The third-order valence-electron chi connectivity index (χ3n) is 5.21. The zero-order chi connectivity index (χ0) is 20.5. The molecule has 0 saturated heterocycles. The van der Waals surface area contributed by atoms with E-state index in [0.717, 1.165) is 31.4 Å². The normalized spacial score (nSPS) is 18.2. The van der Waals surface area contributed by atoms with Crippen LogP contribution in [0.2, 0.25) is 5.02 Å². The predicted octanol–water partition coefficient (Wildman–Crippen LogP) is 5.54. The first-order valence-corrected chi connectivity index (χ1v) is 10.3. The van der Waals surface area contributed by atoms with Crippen molar-refractivity contribution in [3.8, 4) is 0 Å². The molecule has 157 valence electrons. The van der Waals surface area contributed by atoms with E-state index in [1.807, 2.05) is 30.3 Å². The van der Waals surface area contributed by atoms with E-state index in [4.69, 9.17) is 21.1 Å². The Balaban J connectivity index is 0.00000320. The van der Waals surface area contributed by atoms with Gasteiger partial charge >= 0.3 is 6.09 Å². The van der Waals surface area contributed by atoms with Gasteiger partial charge in [0.2, 0.25) is 0 Å². The number of para-hydroxylation sites is 1. The Bertz CT molecular complexity index is 780. The van der Waals surface area contributed by atoms with E-state index < -0.39 is 6.09 Å². The van der Waals surface area contributed by atoms with Gasteiger partial charge in [0, 0.05) is 44.3 Å². The van der Waals surface area contributed by atoms with E-state index in [1.54, 1.807) is 35.5 Å². The van der Waals surface area contributed by atoms with E-state index in [0.29, 0.717) is 35.8 Å². The first kappa shape index (κ1) is 25.0. The molecule has 1 aliphatic carbocycles. The van der Waals surface area contributed by atoms with Crippen molar-refractivity contribution in [2.24, 2.45) is 11.8 Å². The molecule has 3 rings (SSSR count). The van der Waals surface area contributed by atoms with Crippen LogP contribution < -0.4 is 4.90 Å². The molecule has 0 N–H and O–H groups in total. The summed E-state index contributed by atoms with van der Waals surface area (Å²) in [4.78, 5) is 24.7. The Morgan fingerprint density at radius 3 is 2.10 bits per heavy atom. The minimum absolute atomic E-state index is 0. The zero-order valence-corrected chi connectivity index (χ0v) is 20.4. The number of anilines is 2. The molecule has 1 fully saturated rings. The standard InChI is InChI=1S/C23H25ClNO4.Y/c24-20-10-12-22(13-11-20)25(21-4-2-1-3-5-21)23(27)29-17-19-8-6-18(7-9-19)16-28-15-14-26;/h1-5,10-13,18-19H,6-9,15-17H2;/q-1;. The van der Waals surface area contributed by atoms with Crippen LogP contribution in [0.1, 0.15) is 25.7 Å². The van der Waals surface area contributed by atoms with E-state index in [1.165, 1.54) is 0 Å². The Kier molecular flexibility index (Phi) is 11.0. The van der Waals surface area contributed by atoms with Gasteiger partial charge in [-0.1, -0.05) is 29.8 Å². The number of amides is 1. The van der Waals surface area contributed by atoms with Crippen molar-refractivity contribution >= 4 is 35.4 Å². The van der Waals surface area contributed by atoms with Crippen molar-refractivity contribution in [3.63, 3.8) is 0 Å². The van der Waals surface area contributed by atoms with Crippen molar-refractivity contribution in [2.75, 3.05) is 24.7 Å². The molecule has 0 atom stereocenters. The first-order valence-electron chi connectivity index (χ1n) is 9.87. The fourth-order valence-corrected chi connectivity index (χ4v) is 3.74. The molecule has 0 aromatic heterocycles. The van der Waals surface area contributed by atoms with E-state index in [-0.39, 0.29) is 39.3 Å². The van der Waals surface area contributed by atoms with E-state index in [9.17, 15) is 9.59 Å². The Hall–Kier alpha value is -1.27. The number of nitrogens with zero attached hydrogens (tertiary/aromatic N) is 1. The molecule has 1 saturated carbocycles. The van der Waals surface area contributed by atoms with Gasteiger partial charge in [-0.15, -0.1) is 0 Å². The van der Waals surface area contributed by atoms with Crippen molar-refractivity contribution < 1.29 is 51.8 Å². The molecule has 0 unspecified atom stereocenters. The quantitative estimate of drug-likeness (QED) is 0.350. The second-order valence-corrected chi connectivity index (χ2v) is 7.71. The summed E-state index contributed by atoms with van der Waals surface area (Å²) in [5.74, 6) is 0.806. The van der Waals surface area contributed by atoms with Crippen molar-refractivity contribution in [1.82, 2.24) is 0 Å². The van der Waals surface area contributed by atoms with Crippen molar-refractivity contribution in [3.05, 3.63) is 59.6 Å². The SMILES string of the molecule is O=[C-]COCC1CCC(COC(=O)N(c2ccccc2)c2ccc(Cl)cc2)CC1.[Y]. The Morgan fingerprint density at radius 2 is 1.50 bits per heavy atom. The fraction of sp³-hybridized carbons (Fsp3) is 0.391. The van der Waals surface area contributed by atoms with Crippen LogP contribution in [0.4, 0.5) is 16.2 Å². The molecule has 0 spiro atoms. The summed E-state index contributed by atoms with van der Waals surface area (Å²) in [6, 6.07) is 16.5. The molecular weight excluding hydrogens is 479 g/mol. The number of carbonyl (C=O) groups is 1. The molecule has 7 heteroatoms. The zero-order valence-electron chi connectivity index (χ0n) is 16.8. The molecule has 1 amide bonds. The number of ether oxygens (including phenoxy) is 2. The van der Waals surface area contributed by atoms with Crippen LogP contribution in [-0.4, -0.2) is 32.2 Å². The molecule has 30 heavy (non-hydrogen) atoms. The third kappa shape index (κ3) is 7.45. The van der Waals surface area contributed by atoms with Crippen LogP contribution in [0, 0.1) is 11.8 Å². The molecule has 1 aliphatic rings. The van der Waals surface area contributed by atoms with Gasteiger partial charge in [-0.05, 0) is 80.5 Å². The molecular formula is C23H25ClNO4Y-. The van der Waals surface area contributed by atoms with Crippen molar-refractivity contribution in [2.45, 2.75) is 25.7 Å². The van der Waals surface area contributed by atoms with Crippen LogP contribution in [0.3, 0.4) is 0 Å². The summed E-state index contributed by atoms with van der Waals surface area (Å²) in [5.41, 5.74) is 1.45. The second-order valence-electron chi connectivity index (χ2n) is 7.27. The molecule has 0 heterocycles. The van der Waals surface area contributed by atoms with Gasteiger partial charge in [0.25, 0.3) is 0 Å². The maximum atomic E-state index is 12.9. The number of carbonyl (C=O) groups excluding carboxylic acids is 2. The maximum absolute atomic E-state index is 12.9. The van der Waals surface area contributed by atoms with Gasteiger partial charge in [0.1, 0.15) is 0 Å². The predicted molar refractivity (Wildman–Crippen MR) is 113 cm³/mol. The van der Waals surface area contributed by atoms with Crippen LogP contribution in [0.25, 0.3) is 0 Å². The molecule has 2 aromatic rings. The number of halogens is 1. The minimum Gasteiger partial charge on any atom is -0.540 e. The smallest absolute Gasteiger partial charge is 0.418 e. The van der Waals surface area contributed by atoms with Gasteiger partial charge in [-0.3, -0.25) is 0 Å². The molecule has 2 aromatic carbocycles. The average Bonchev–Trinajstić information content (AvgIpc) is 2.76. The van der Waals surface area contributed by atoms with Gasteiger partial charge in [-0.2, -0.15) is 0 Å². The summed E-state index contributed by atoms with van der Waals surface area (Å²) in [5, 5.41) is 0.613. The summed E-state index contributed by atoms with van der Waals surface area (Å²) in [6.45, 7) is 1.03. The van der Waals surface area contributed by atoms with Crippen molar-refractivity contribution in [1.29, 1.82) is 0 Å². The van der Waals surface area contributed by atoms with Crippen LogP contribution >= 0.6 is 11.6 Å². The molecule has 1 radical (unpaired) electrons. The fourth-order valence-electron chi connectivity index (χ4n) is 3.61. The monoisotopic (exact) mass is 503 g/mol. The van der Waals surface area contributed by atoms with E-state index >= 15 is 0 Å². The van der Waals surface area contributed by atoms with Crippen LogP contribution in [0.5, 0.6) is 0 Å². The van der Waals surface area contributed by atoms with Crippen LogP contribution in [-0.2, 0) is 47.0 Å². The van der Waals surface area contributed by atoms with Gasteiger partial charge in [0.05, 0.1) is 18.0 Å². The average molecular weight is 504 g/mol. The van der Waals surface area contributed by atoms with Gasteiger partial charge in [-0.25, -0.2) is 16.0 Å². The largest absolute Gasteiger partial charge is 0.540 e. The summed E-state index contributed by atoms with van der Waals surface area (Å²) < 4.78 is 11.0. The summed E-state index contributed by atoms with van der Waals surface area (Å²) >= 11 is 5.99. The first-order chi connectivity index (χ1) is 14.2. The number of hydrogen-bond donors (Lipinski definition) is 0. The van der Waals surface area contributed by atoms with Gasteiger partial charge < -0.3 is 14.3 Å². The number of hydrogen-bond acceptors (Lipinski definition) is 4. The number of rotatable bonds is 8. The molecule has 5 nitrogen and oxygen atoms in total. The summed E-state index contributed by atoms with van der Waals surface area (Å²) in [7, 11) is 0. The topological polar surface area (TPSA) is 55.8 Å².